The molecule has 0 saturated heterocycles. The smallest absolute Gasteiger partial charge is 0.374 e. The van der Waals surface area contributed by atoms with Gasteiger partial charge in [-0.05, 0) is 12.5 Å². The van der Waals surface area contributed by atoms with E-state index in [1.807, 2.05) is 6.07 Å². The molecule has 0 aliphatic carbocycles. The maximum absolute atomic E-state index is 12.0. The van der Waals surface area contributed by atoms with Crippen LogP contribution in [0, 0.1) is 0 Å². The Bertz CT molecular complexity index is 683. The highest BCUT2D eigenvalue weighted by atomic mass is 16.5. The van der Waals surface area contributed by atoms with Gasteiger partial charge in [0.25, 0.3) is 0 Å². The first-order valence-corrected chi connectivity index (χ1v) is 6.42. The van der Waals surface area contributed by atoms with E-state index in [4.69, 9.17) is 13.9 Å². The van der Waals surface area contributed by atoms with Gasteiger partial charge in [-0.3, -0.25) is 4.79 Å². The zero-order chi connectivity index (χ0) is 15.4. The average molecular weight is 288 g/mol. The van der Waals surface area contributed by atoms with Crippen LogP contribution in [-0.2, 0) is 14.3 Å². The summed E-state index contributed by atoms with van der Waals surface area (Å²) in [7, 11) is 2.57. The largest absolute Gasteiger partial charge is 0.469 e. The number of hydrogen-bond donors (Lipinski definition) is 0. The van der Waals surface area contributed by atoms with Crippen LogP contribution in [0.5, 0.6) is 0 Å². The van der Waals surface area contributed by atoms with Crippen LogP contribution in [0.3, 0.4) is 0 Å². The molecular weight excluding hydrogens is 272 g/mol. The molecule has 2 rings (SSSR count). The van der Waals surface area contributed by atoms with Crippen molar-refractivity contribution in [1.29, 1.82) is 0 Å². The topological polar surface area (TPSA) is 65.7 Å². The Balaban J connectivity index is 2.70. The van der Waals surface area contributed by atoms with Gasteiger partial charge < -0.3 is 13.9 Å². The molecule has 1 aromatic heterocycles. The van der Waals surface area contributed by atoms with Gasteiger partial charge in [-0.25, -0.2) is 4.79 Å². The van der Waals surface area contributed by atoms with E-state index < -0.39 is 17.9 Å². The van der Waals surface area contributed by atoms with Gasteiger partial charge >= 0.3 is 11.9 Å². The highest BCUT2D eigenvalue weighted by molar-refractivity contribution is 5.99. The van der Waals surface area contributed by atoms with Crippen molar-refractivity contribution in [3.63, 3.8) is 0 Å². The molecule has 1 heterocycles. The zero-order valence-corrected chi connectivity index (χ0v) is 11.9. The molecule has 0 radical (unpaired) electrons. The van der Waals surface area contributed by atoms with Crippen molar-refractivity contribution < 1.29 is 23.5 Å². The number of fused-ring (bicyclic) bond motifs is 1. The minimum absolute atomic E-state index is 0.0240. The first-order chi connectivity index (χ1) is 10.1. The summed E-state index contributed by atoms with van der Waals surface area (Å²) in [6.07, 6.45) is 1.94. The predicted molar refractivity (Wildman–Crippen MR) is 77.1 cm³/mol. The zero-order valence-electron chi connectivity index (χ0n) is 11.9. The van der Waals surface area contributed by atoms with Crippen molar-refractivity contribution in [3.8, 4) is 0 Å². The van der Waals surface area contributed by atoms with Gasteiger partial charge in [0.15, 0.2) is 0 Å². The second-order valence-electron chi connectivity index (χ2n) is 4.43. The summed E-state index contributed by atoms with van der Waals surface area (Å²) < 4.78 is 15.1. The molecule has 5 heteroatoms. The van der Waals surface area contributed by atoms with Crippen molar-refractivity contribution in [2.45, 2.75) is 12.3 Å². The molecule has 0 amide bonds. The van der Waals surface area contributed by atoms with Crippen LogP contribution in [0.2, 0.25) is 0 Å². The van der Waals surface area contributed by atoms with E-state index in [-0.39, 0.29) is 5.76 Å². The van der Waals surface area contributed by atoms with Crippen LogP contribution in [0.1, 0.15) is 28.5 Å². The normalized spacial score (nSPS) is 11.9. The van der Waals surface area contributed by atoms with E-state index in [2.05, 4.69) is 6.58 Å². The van der Waals surface area contributed by atoms with Gasteiger partial charge in [-0.1, -0.05) is 24.3 Å². The molecular formula is C16H16O5. The fourth-order valence-electron chi connectivity index (χ4n) is 2.30. The Morgan fingerprint density at radius 2 is 2.00 bits per heavy atom. The molecule has 2 aromatic rings. The van der Waals surface area contributed by atoms with Crippen molar-refractivity contribution in [1.82, 2.24) is 0 Å². The Kier molecular flexibility index (Phi) is 4.42. The third-order valence-electron chi connectivity index (χ3n) is 3.24. The number of allylic oxidation sites excluding steroid dienone is 1. The lowest BCUT2D eigenvalue weighted by Crippen LogP contribution is -2.16. The molecule has 5 nitrogen and oxygen atoms in total. The van der Waals surface area contributed by atoms with Crippen molar-refractivity contribution >= 4 is 22.9 Å². The van der Waals surface area contributed by atoms with Crippen LogP contribution in [0.4, 0.5) is 0 Å². The number of ether oxygens (including phenoxy) is 2. The van der Waals surface area contributed by atoms with Gasteiger partial charge in [0, 0.05) is 10.9 Å². The Morgan fingerprint density at radius 1 is 1.29 bits per heavy atom. The summed E-state index contributed by atoms with van der Waals surface area (Å²) in [5.74, 6) is -1.72. The predicted octanol–water partition coefficient (Wildman–Crippen LogP) is 3.05. The van der Waals surface area contributed by atoms with E-state index in [0.717, 1.165) is 0 Å². The van der Waals surface area contributed by atoms with Gasteiger partial charge in [-0.2, -0.15) is 0 Å². The molecule has 0 N–H and O–H groups in total. The molecule has 0 bridgehead atoms. The standard InChI is InChI=1S/C16H16O5/c1-4-7-11(15(17)19-2)13-10-8-5-6-9-12(10)21-14(13)16(18)20-3/h4-6,8-9,11H,1,7H2,2-3H3. The van der Waals surface area contributed by atoms with Gasteiger partial charge in [-0.15, -0.1) is 6.58 Å². The van der Waals surface area contributed by atoms with Crippen LogP contribution in [0.25, 0.3) is 11.0 Å². The average Bonchev–Trinajstić information content (AvgIpc) is 2.90. The van der Waals surface area contributed by atoms with E-state index >= 15 is 0 Å². The third-order valence-corrected chi connectivity index (χ3v) is 3.24. The maximum Gasteiger partial charge on any atom is 0.374 e. The highest BCUT2D eigenvalue weighted by Crippen LogP contribution is 2.35. The highest BCUT2D eigenvalue weighted by Gasteiger charge is 2.31. The summed E-state index contributed by atoms with van der Waals surface area (Å²) >= 11 is 0. The van der Waals surface area contributed by atoms with Crippen LogP contribution in [-0.4, -0.2) is 26.2 Å². The van der Waals surface area contributed by atoms with Crippen molar-refractivity contribution in [2.75, 3.05) is 14.2 Å². The molecule has 0 aliphatic rings. The van der Waals surface area contributed by atoms with Crippen LogP contribution < -0.4 is 0 Å². The number of methoxy groups -OCH3 is 2. The van der Waals surface area contributed by atoms with Crippen molar-refractivity contribution in [2.24, 2.45) is 0 Å². The molecule has 0 saturated carbocycles. The minimum atomic E-state index is -0.662. The van der Waals surface area contributed by atoms with Gasteiger partial charge in [0.2, 0.25) is 5.76 Å². The van der Waals surface area contributed by atoms with E-state index in [9.17, 15) is 9.59 Å². The van der Waals surface area contributed by atoms with E-state index in [1.54, 1.807) is 24.3 Å². The minimum Gasteiger partial charge on any atom is -0.469 e. The number of esters is 2. The monoisotopic (exact) mass is 288 g/mol. The number of hydrogen-bond acceptors (Lipinski definition) is 5. The Labute approximate surface area is 122 Å². The molecule has 1 atom stereocenters. The quantitative estimate of drug-likeness (QED) is 0.625. The summed E-state index contributed by atoms with van der Waals surface area (Å²) in [6.45, 7) is 3.65. The second-order valence-corrected chi connectivity index (χ2v) is 4.43. The molecule has 0 spiro atoms. The fourth-order valence-corrected chi connectivity index (χ4v) is 2.30. The molecule has 1 aromatic carbocycles. The maximum atomic E-state index is 12.0. The third kappa shape index (κ3) is 2.67. The SMILES string of the molecule is C=CCC(C(=O)OC)c1c(C(=O)OC)oc2ccccc12. The number of para-hydroxylation sites is 1. The van der Waals surface area contributed by atoms with Crippen molar-refractivity contribution in [3.05, 3.63) is 48.2 Å². The fraction of sp³-hybridized carbons (Fsp3) is 0.250. The Hall–Kier alpha value is -2.56. The number of benzene rings is 1. The second kappa shape index (κ2) is 6.26. The lowest BCUT2D eigenvalue weighted by molar-refractivity contribution is -0.142. The summed E-state index contributed by atoms with van der Waals surface area (Å²) in [5, 5.41) is 0.690. The summed E-state index contributed by atoms with van der Waals surface area (Å²) in [6, 6.07) is 7.12. The van der Waals surface area contributed by atoms with Crippen LogP contribution in [0.15, 0.2) is 41.3 Å². The molecule has 0 fully saturated rings. The molecule has 1 unspecified atom stereocenters. The first kappa shape index (κ1) is 14.8. The lowest BCUT2D eigenvalue weighted by Gasteiger charge is -2.12. The molecule has 21 heavy (non-hydrogen) atoms. The summed E-state index contributed by atoms with van der Waals surface area (Å²) in [4.78, 5) is 24.0. The lowest BCUT2D eigenvalue weighted by atomic mass is 9.93. The Morgan fingerprint density at radius 3 is 2.62 bits per heavy atom. The molecule has 0 aliphatic heterocycles. The number of furan rings is 1. The number of carbonyl (C=O) groups is 2. The van der Waals surface area contributed by atoms with E-state index in [1.165, 1.54) is 14.2 Å². The summed E-state index contributed by atoms with van der Waals surface area (Å²) in [5.41, 5.74) is 0.995. The first-order valence-electron chi connectivity index (χ1n) is 6.42. The van der Waals surface area contributed by atoms with Gasteiger partial charge in [0.05, 0.1) is 20.1 Å². The van der Waals surface area contributed by atoms with Gasteiger partial charge in [0.1, 0.15) is 5.58 Å². The number of carbonyl (C=O) groups excluding carboxylic acids is 2. The van der Waals surface area contributed by atoms with Crippen LogP contribution >= 0.6 is 0 Å². The number of rotatable bonds is 5. The van der Waals surface area contributed by atoms with E-state index in [0.29, 0.717) is 23.0 Å². The molecule has 110 valence electrons.